The summed E-state index contributed by atoms with van der Waals surface area (Å²) >= 11 is 11.9. The minimum absolute atomic E-state index is 0.223. The van der Waals surface area contributed by atoms with Crippen molar-refractivity contribution in [1.82, 2.24) is 10.3 Å². The van der Waals surface area contributed by atoms with Crippen LogP contribution in [0.15, 0.2) is 78.9 Å². The molecule has 1 aromatic heterocycles. The predicted molar refractivity (Wildman–Crippen MR) is 186 cm³/mol. The second-order valence-electron chi connectivity index (χ2n) is 10.3. The molecule has 0 spiro atoms. The Kier molecular flexibility index (Phi) is 10.1. The normalized spacial score (nSPS) is 10.9. The highest BCUT2D eigenvalue weighted by molar-refractivity contribution is 6.19. The highest BCUT2D eigenvalue weighted by atomic mass is 35.5. The number of nitrogens with one attached hydrogen (secondary N) is 4. The van der Waals surface area contributed by atoms with Crippen LogP contribution >= 0.6 is 23.2 Å². The number of aryl methyl sites for hydroxylation is 1. The highest BCUT2D eigenvalue weighted by Gasteiger charge is 2.18. The van der Waals surface area contributed by atoms with E-state index in [0.29, 0.717) is 58.7 Å². The Bertz CT molecular complexity index is 1840. The number of anilines is 5. The molecule has 0 saturated carbocycles. The summed E-state index contributed by atoms with van der Waals surface area (Å²) in [4.78, 5) is 32.7. The zero-order valence-corrected chi connectivity index (χ0v) is 26.7. The lowest BCUT2D eigenvalue weighted by Crippen LogP contribution is -2.27. The first-order chi connectivity index (χ1) is 21.9. The number of ether oxygens (including phenoxy) is 1. The van der Waals surface area contributed by atoms with E-state index in [2.05, 4.69) is 26.2 Å². The number of pyridine rings is 1. The summed E-state index contributed by atoms with van der Waals surface area (Å²) in [5, 5.41) is 13.7. The number of benzene rings is 4. The van der Waals surface area contributed by atoms with E-state index in [9.17, 15) is 9.59 Å². The maximum Gasteiger partial charge on any atom is 0.323 e. The van der Waals surface area contributed by atoms with Gasteiger partial charge in [0.1, 0.15) is 5.75 Å². The fourth-order valence-corrected chi connectivity index (χ4v) is 5.63. The van der Waals surface area contributed by atoms with Gasteiger partial charge in [-0.05, 0) is 61.0 Å². The van der Waals surface area contributed by atoms with Crippen molar-refractivity contribution in [1.29, 1.82) is 0 Å². The highest BCUT2D eigenvalue weighted by Crippen LogP contribution is 2.38. The van der Waals surface area contributed by atoms with Gasteiger partial charge in [-0.1, -0.05) is 30.3 Å². The molecule has 4 aromatic carbocycles. The maximum atomic E-state index is 13.0. The quantitative estimate of drug-likeness (QED) is 0.0865. The van der Waals surface area contributed by atoms with Gasteiger partial charge in [0, 0.05) is 59.7 Å². The number of hydrogen-bond acceptors (Lipinski definition) is 6. The number of aromatic nitrogens is 1. The predicted octanol–water partition coefficient (Wildman–Crippen LogP) is 7.74. The van der Waals surface area contributed by atoms with E-state index in [4.69, 9.17) is 32.9 Å². The van der Waals surface area contributed by atoms with Crippen molar-refractivity contribution in [3.05, 3.63) is 90.0 Å². The maximum absolute atomic E-state index is 13.0. The number of halogens is 2. The molecule has 0 aliphatic rings. The summed E-state index contributed by atoms with van der Waals surface area (Å²) < 4.78 is 5.67. The Morgan fingerprint density at radius 3 is 2.16 bits per heavy atom. The molecule has 0 aliphatic heterocycles. The lowest BCUT2D eigenvalue weighted by Gasteiger charge is -2.23. The number of carbonyl (C=O) groups excluding carboxylic acids is 2. The number of fused-ring (bicyclic) bond motifs is 2. The zero-order chi connectivity index (χ0) is 31.9. The molecule has 45 heavy (non-hydrogen) atoms. The fraction of sp³-hybridized carbons (Fsp3) is 0.206. The minimum atomic E-state index is -0.400. The molecule has 0 radical (unpaired) electrons. The van der Waals surface area contributed by atoms with Crippen LogP contribution in [0.2, 0.25) is 0 Å². The molecule has 0 bridgehead atoms. The summed E-state index contributed by atoms with van der Waals surface area (Å²) in [5.74, 6) is 1.33. The minimum Gasteiger partial charge on any atom is -0.495 e. The lowest BCUT2D eigenvalue weighted by molar-refractivity contribution is 0.0964. The molecule has 0 aliphatic carbocycles. The van der Waals surface area contributed by atoms with E-state index in [1.165, 1.54) is 0 Å². The molecule has 9 nitrogen and oxygen atoms in total. The Labute approximate surface area is 271 Å². The third kappa shape index (κ3) is 7.00. The van der Waals surface area contributed by atoms with Crippen molar-refractivity contribution in [2.45, 2.75) is 6.92 Å². The van der Waals surface area contributed by atoms with E-state index in [1.54, 1.807) is 38.4 Å². The number of rotatable bonds is 11. The molecule has 0 atom stereocenters. The number of methoxy groups -OCH3 is 1. The van der Waals surface area contributed by atoms with Gasteiger partial charge in [-0.2, -0.15) is 0 Å². The van der Waals surface area contributed by atoms with Crippen molar-refractivity contribution in [3.63, 3.8) is 0 Å². The van der Waals surface area contributed by atoms with Crippen LogP contribution in [-0.2, 0) is 0 Å². The molecule has 11 heteroatoms. The first kappa shape index (κ1) is 31.7. The standard InChI is InChI=1S/C34H34Cl2N6O3/c1-21-6-4-7-25-30(21)41-32-26(8-5-9-27(32)33(43)37-2)31(25)40-28-20-23(12-15-29(28)45-3)39-34(44)38-22-10-13-24(14-11-22)42(18-16-35)19-17-36/h4-15,20H,16-19H2,1-3H3,(H,37,43)(H,40,41)(H2,38,39,44). The van der Waals surface area contributed by atoms with E-state index in [-0.39, 0.29) is 5.91 Å². The van der Waals surface area contributed by atoms with Crippen molar-refractivity contribution < 1.29 is 14.3 Å². The topological polar surface area (TPSA) is 108 Å². The molecule has 0 unspecified atom stereocenters. The van der Waals surface area contributed by atoms with Crippen LogP contribution in [0.5, 0.6) is 5.75 Å². The molecule has 5 rings (SSSR count). The number of alkyl halides is 2. The third-order valence-corrected chi connectivity index (χ3v) is 7.76. The van der Waals surface area contributed by atoms with Gasteiger partial charge in [-0.3, -0.25) is 4.79 Å². The molecule has 232 valence electrons. The monoisotopic (exact) mass is 644 g/mol. The van der Waals surface area contributed by atoms with Crippen molar-refractivity contribution in [2.75, 3.05) is 59.9 Å². The SMILES string of the molecule is CNC(=O)c1cccc2c(Nc3cc(NC(=O)Nc4ccc(N(CCCl)CCCl)cc4)ccc3OC)c3cccc(C)c3nc12. The van der Waals surface area contributed by atoms with Crippen LogP contribution in [0.4, 0.5) is 33.2 Å². The Morgan fingerprint density at radius 2 is 1.49 bits per heavy atom. The molecule has 5 aromatic rings. The second kappa shape index (κ2) is 14.4. The van der Waals surface area contributed by atoms with Gasteiger partial charge in [-0.15, -0.1) is 23.2 Å². The molecule has 3 amide bonds. The summed E-state index contributed by atoms with van der Waals surface area (Å²) in [6, 6.07) is 23.9. The van der Waals surface area contributed by atoms with Gasteiger partial charge < -0.3 is 30.9 Å². The van der Waals surface area contributed by atoms with E-state index >= 15 is 0 Å². The average molecular weight is 646 g/mol. The molecular formula is C34H34Cl2N6O3. The van der Waals surface area contributed by atoms with E-state index in [0.717, 1.165) is 33.2 Å². The molecule has 1 heterocycles. The summed E-state index contributed by atoms with van der Waals surface area (Å²) in [6.45, 7) is 3.34. The van der Waals surface area contributed by atoms with Crippen LogP contribution in [-0.4, -0.2) is 55.9 Å². The smallest absolute Gasteiger partial charge is 0.323 e. The fourth-order valence-electron chi connectivity index (χ4n) is 5.23. The van der Waals surface area contributed by atoms with Crippen LogP contribution in [0.1, 0.15) is 15.9 Å². The van der Waals surface area contributed by atoms with Crippen molar-refractivity contribution in [3.8, 4) is 5.75 Å². The summed E-state index contributed by atoms with van der Waals surface area (Å²) in [6.07, 6.45) is 0. The Balaban J connectivity index is 1.44. The number of carbonyl (C=O) groups is 2. The molecule has 0 saturated heterocycles. The van der Waals surface area contributed by atoms with Gasteiger partial charge in [0.25, 0.3) is 5.91 Å². The Morgan fingerprint density at radius 1 is 0.844 bits per heavy atom. The number of para-hydroxylation sites is 2. The lowest BCUT2D eigenvalue weighted by atomic mass is 10.0. The first-order valence-electron chi connectivity index (χ1n) is 14.4. The summed E-state index contributed by atoms with van der Waals surface area (Å²) in [7, 11) is 3.18. The van der Waals surface area contributed by atoms with Gasteiger partial charge >= 0.3 is 6.03 Å². The number of amides is 3. The zero-order valence-electron chi connectivity index (χ0n) is 25.2. The van der Waals surface area contributed by atoms with Crippen LogP contribution in [0.25, 0.3) is 21.8 Å². The number of urea groups is 1. The van der Waals surface area contributed by atoms with Crippen molar-refractivity contribution >= 4 is 85.4 Å². The number of nitrogens with zero attached hydrogens (tertiary/aromatic N) is 2. The van der Waals surface area contributed by atoms with Gasteiger partial charge in [0.15, 0.2) is 0 Å². The van der Waals surface area contributed by atoms with E-state index < -0.39 is 6.03 Å². The van der Waals surface area contributed by atoms with Gasteiger partial charge in [0.05, 0.1) is 35.1 Å². The number of hydrogen-bond donors (Lipinski definition) is 4. The first-order valence-corrected chi connectivity index (χ1v) is 15.5. The van der Waals surface area contributed by atoms with Gasteiger partial charge in [0.2, 0.25) is 0 Å². The molecule has 4 N–H and O–H groups in total. The second-order valence-corrected chi connectivity index (χ2v) is 11.0. The van der Waals surface area contributed by atoms with Crippen LogP contribution in [0.3, 0.4) is 0 Å². The van der Waals surface area contributed by atoms with E-state index in [1.807, 2.05) is 61.5 Å². The van der Waals surface area contributed by atoms with Crippen LogP contribution < -0.4 is 30.9 Å². The largest absolute Gasteiger partial charge is 0.495 e. The summed E-state index contributed by atoms with van der Waals surface area (Å²) in [5.41, 5.74) is 6.35. The molecule has 0 fully saturated rings. The third-order valence-electron chi connectivity index (χ3n) is 7.42. The molecular weight excluding hydrogens is 611 g/mol. The average Bonchev–Trinajstić information content (AvgIpc) is 3.05. The van der Waals surface area contributed by atoms with Crippen LogP contribution in [0, 0.1) is 6.92 Å². The van der Waals surface area contributed by atoms with Crippen molar-refractivity contribution in [2.24, 2.45) is 0 Å². The van der Waals surface area contributed by atoms with Gasteiger partial charge in [-0.25, -0.2) is 9.78 Å². The Hall–Kier alpha value is -4.73.